The molecule has 0 saturated heterocycles. The summed E-state index contributed by atoms with van der Waals surface area (Å²) in [6, 6.07) is 27.4. The molecule has 0 aliphatic heterocycles. The van der Waals surface area contributed by atoms with Crippen molar-refractivity contribution in [2.75, 3.05) is 5.32 Å². The first kappa shape index (κ1) is 20.0. The molecule has 30 heavy (non-hydrogen) atoms. The van der Waals surface area contributed by atoms with E-state index in [0.717, 1.165) is 27.5 Å². The van der Waals surface area contributed by atoms with Gasteiger partial charge in [0.25, 0.3) is 0 Å². The summed E-state index contributed by atoms with van der Waals surface area (Å²) in [5.74, 6) is 1.27. The second kappa shape index (κ2) is 9.01. The van der Waals surface area contributed by atoms with Gasteiger partial charge < -0.3 is 9.73 Å². The van der Waals surface area contributed by atoms with Crippen molar-refractivity contribution in [3.63, 3.8) is 0 Å². The van der Waals surface area contributed by atoms with E-state index in [4.69, 9.17) is 4.42 Å². The summed E-state index contributed by atoms with van der Waals surface area (Å²) < 4.78 is 5.73. The molecular weight excluding hydrogens is 392 g/mol. The van der Waals surface area contributed by atoms with Crippen LogP contribution < -0.4 is 5.32 Å². The summed E-state index contributed by atoms with van der Waals surface area (Å²) in [5, 5.41) is 2.69. The number of anilines is 1. The predicted octanol–water partition coefficient (Wildman–Crippen LogP) is 6.43. The summed E-state index contributed by atoms with van der Waals surface area (Å²) >= 11 is 1.53. The molecule has 1 heterocycles. The lowest BCUT2D eigenvalue weighted by atomic mass is 10.1. The number of carbonyl (C=O) groups is 1. The van der Waals surface area contributed by atoms with Crippen molar-refractivity contribution >= 4 is 23.4 Å². The first-order valence-corrected chi connectivity index (χ1v) is 10.6. The Balaban J connectivity index is 1.59. The SMILES string of the molecule is Cc1nc(-c2cccc(NC(=O)C(Sc3ccccc3)c3ccccc3)c2)oc1C. The van der Waals surface area contributed by atoms with Crippen molar-refractivity contribution in [2.24, 2.45) is 0 Å². The van der Waals surface area contributed by atoms with E-state index in [-0.39, 0.29) is 11.2 Å². The number of nitrogens with zero attached hydrogens (tertiary/aromatic N) is 1. The molecule has 1 amide bonds. The lowest BCUT2D eigenvalue weighted by molar-refractivity contribution is -0.115. The largest absolute Gasteiger partial charge is 0.441 e. The maximum Gasteiger partial charge on any atom is 0.242 e. The van der Waals surface area contributed by atoms with E-state index >= 15 is 0 Å². The van der Waals surface area contributed by atoms with E-state index in [1.54, 1.807) is 0 Å². The highest BCUT2D eigenvalue weighted by atomic mass is 32.2. The molecule has 0 spiro atoms. The van der Waals surface area contributed by atoms with Gasteiger partial charge in [0.1, 0.15) is 11.0 Å². The molecule has 1 aromatic heterocycles. The standard InChI is InChI=1S/C25H22N2O2S/c1-17-18(2)29-25(26-17)20-12-9-13-21(16-20)27-24(28)23(19-10-5-3-6-11-19)30-22-14-7-4-8-15-22/h3-16,23H,1-2H3,(H,27,28). The van der Waals surface area contributed by atoms with Crippen LogP contribution in [0.2, 0.25) is 0 Å². The minimum absolute atomic E-state index is 0.0769. The molecule has 1 atom stereocenters. The molecule has 4 nitrogen and oxygen atoms in total. The summed E-state index contributed by atoms with van der Waals surface area (Å²) in [5.41, 5.74) is 3.36. The zero-order valence-electron chi connectivity index (χ0n) is 16.8. The molecule has 1 unspecified atom stereocenters. The molecule has 3 aromatic carbocycles. The Hall–Kier alpha value is -3.31. The number of benzene rings is 3. The van der Waals surface area contributed by atoms with Crippen LogP contribution in [0.15, 0.2) is 94.2 Å². The zero-order valence-corrected chi connectivity index (χ0v) is 17.6. The molecular formula is C25H22N2O2S. The Kier molecular flexibility index (Phi) is 6.00. The van der Waals surface area contributed by atoms with E-state index in [2.05, 4.69) is 10.3 Å². The van der Waals surface area contributed by atoms with Gasteiger partial charge in [0.15, 0.2) is 0 Å². The van der Waals surface area contributed by atoms with Gasteiger partial charge >= 0.3 is 0 Å². The van der Waals surface area contributed by atoms with Gasteiger partial charge in [0.05, 0.1) is 5.69 Å². The fraction of sp³-hybridized carbons (Fsp3) is 0.120. The number of thioether (sulfide) groups is 1. The maximum atomic E-state index is 13.3. The van der Waals surface area contributed by atoms with Crippen LogP contribution in [-0.2, 0) is 4.79 Å². The smallest absolute Gasteiger partial charge is 0.242 e. The van der Waals surface area contributed by atoms with Crippen LogP contribution in [-0.4, -0.2) is 10.9 Å². The topological polar surface area (TPSA) is 55.1 Å². The highest BCUT2D eigenvalue weighted by Crippen LogP contribution is 2.36. The molecule has 0 saturated carbocycles. The van der Waals surface area contributed by atoms with Gasteiger partial charge in [-0.25, -0.2) is 4.98 Å². The van der Waals surface area contributed by atoms with Crippen LogP contribution >= 0.6 is 11.8 Å². The number of rotatable bonds is 6. The van der Waals surface area contributed by atoms with Gasteiger partial charge in [-0.1, -0.05) is 54.6 Å². The average Bonchev–Trinajstić information content (AvgIpc) is 3.12. The van der Waals surface area contributed by atoms with Crippen molar-refractivity contribution in [2.45, 2.75) is 24.0 Å². The Labute approximate surface area is 180 Å². The normalized spacial score (nSPS) is 11.8. The fourth-order valence-electron chi connectivity index (χ4n) is 3.07. The van der Waals surface area contributed by atoms with Gasteiger partial charge in [-0.05, 0) is 49.7 Å². The Morgan fingerprint density at radius 3 is 2.30 bits per heavy atom. The number of hydrogen-bond acceptors (Lipinski definition) is 4. The number of aromatic nitrogens is 1. The van der Waals surface area contributed by atoms with Crippen LogP contribution in [0.5, 0.6) is 0 Å². The van der Waals surface area contributed by atoms with Gasteiger partial charge in [-0.3, -0.25) is 4.79 Å². The summed E-state index contributed by atoms with van der Waals surface area (Å²) in [4.78, 5) is 18.8. The second-order valence-corrected chi connectivity index (χ2v) is 8.13. The predicted molar refractivity (Wildman–Crippen MR) is 122 cm³/mol. The highest BCUT2D eigenvalue weighted by molar-refractivity contribution is 8.00. The molecule has 4 rings (SSSR count). The van der Waals surface area contributed by atoms with Crippen LogP contribution in [0.4, 0.5) is 5.69 Å². The molecule has 5 heteroatoms. The molecule has 0 bridgehead atoms. The maximum absolute atomic E-state index is 13.3. The number of oxazole rings is 1. The highest BCUT2D eigenvalue weighted by Gasteiger charge is 2.22. The van der Waals surface area contributed by atoms with Gasteiger partial charge in [0.2, 0.25) is 11.8 Å². The number of aryl methyl sites for hydroxylation is 2. The second-order valence-electron chi connectivity index (χ2n) is 6.95. The fourth-order valence-corrected chi connectivity index (χ4v) is 4.12. The first-order valence-electron chi connectivity index (χ1n) is 9.72. The monoisotopic (exact) mass is 414 g/mol. The van der Waals surface area contributed by atoms with Gasteiger partial charge in [0, 0.05) is 16.1 Å². The van der Waals surface area contributed by atoms with E-state index in [1.807, 2.05) is 98.8 Å². The van der Waals surface area contributed by atoms with Crippen molar-refractivity contribution in [1.29, 1.82) is 0 Å². The lowest BCUT2D eigenvalue weighted by Crippen LogP contribution is -2.19. The van der Waals surface area contributed by atoms with E-state index in [9.17, 15) is 4.79 Å². The molecule has 0 radical (unpaired) electrons. The number of amides is 1. The summed E-state index contributed by atoms with van der Waals surface area (Å²) in [6.45, 7) is 3.81. The van der Waals surface area contributed by atoms with Crippen LogP contribution in [0.25, 0.3) is 11.5 Å². The molecule has 4 aromatic rings. The van der Waals surface area contributed by atoms with Crippen molar-refractivity contribution in [1.82, 2.24) is 4.98 Å². The van der Waals surface area contributed by atoms with E-state index in [1.165, 1.54) is 11.8 Å². The zero-order chi connectivity index (χ0) is 20.9. The molecule has 150 valence electrons. The Morgan fingerprint density at radius 1 is 0.933 bits per heavy atom. The van der Waals surface area contributed by atoms with Crippen molar-refractivity contribution in [3.8, 4) is 11.5 Å². The number of nitrogens with one attached hydrogen (secondary N) is 1. The minimum atomic E-state index is -0.372. The number of carbonyl (C=O) groups excluding carboxylic acids is 1. The molecule has 0 aliphatic carbocycles. The molecule has 0 fully saturated rings. The quantitative estimate of drug-likeness (QED) is 0.369. The van der Waals surface area contributed by atoms with Crippen molar-refractivity contribution in [3.05, 3.63) is 102 Å². The Bertz CT molecular complexity index is 1120. The van der Waals surface area contributed by atoms with Crippen LogP contribution in [0, 0.1) is 13.8 Å². The minimum Gasteiger partial charge on any atom is -0.441 e. The van der Waals surface area contributed by atoms with Gasteiger partial charge in [-0.15, -0.1) is 11.8 Å². The molecule has 1 N–H and O–H groups in total. The Morgan fingerprint density at radius 2 is 1.63 bits per heavy atom. The summed E-state index contributed by atoms with van der Waals surface area (Å²) in [6.07, 6.45) is 0. The van der Waals surface area contributed by atoms with Crippen LogP contribution in [0.3, 0.4) is 0 Å². The lowest BCUT2D eigenvalue weighted by Gasteiger charge is -2.17. The van der Waals surface area contributed by atoms with Crippen molar-refractivity contribution < 1.29 is 9.21 Å². The third kappa shape index (κ3) is 4.63. The van der Waals surface area contributed by atoms with Gasteiger partial charge in [-0.2, -0.15) is 0 Å². The van der Waals surface area contributed by atoms with Crippen LogP contribution in [0.1, 0.15) is 22.3 Å². The average molecular weight is 415 g/mol. The molecule has 0 aliphatic rings. The third-order valence-corrected chi connectivity index (χ3v) is 6.01. The third-order valence-electron chi connectivity index (χ3n) is 4.74. The number of hydrogen-bond donors (Lipinski definition) is 1. The summed E-state index contributed by atoms with van der Waals surface area (Å²) in [7, 11) is 0. The van der Waals surface area contributed by atoms with E-state index in [0.29, 0.717) is 11.6 Å². The van der Waals surface area contributed by atoms with E-state index < -0.39 is 0 Å². The first-order chi connectivity index (χ1) is 14.6.